The molecule has 2 aliphatic heterocycles. The fourth-order valence-electron chi connectivity index (χ4n) is 1.98. The summed E-state index contributed by atoms with van der Waals surface area (Å²) in [6.45, 7) is 0. The number of fused-ring (bicyclic) bond motifs is 1. The van der Waals surface area contributed by atoms with Crippen molar-refractivity contribution in [3.63, 3.8) is 0 Å². The maximum atomic E-state index is 5.94. The van der Waals surface area contributed by atoms with Crippen molar-refractivity contribution in [2.75, 3.05) is 12.3 Å². The van der Waals surface area contributed by atoms with Gasteiger partial charge in [-0.05, 0) is 25.0 Å². The lowest BCUT2D eigenvalue weighted by Gasteiger charge is -2.09. The predicted octanol–water partition coefficient (Wildman–Crippen LogP) is 3.10. The van der Waals surface area contributed by atoms with Crippen LogP contribution in [-0.4, -0.2) is 12.3 Å². The van der Waals surface area contributed by atoms with Gasteiger partial charge in [0.15, 0.2) is 0 Å². The maximum absolute atomic E-state index is 5.94. The monoisotopic (exact) mass is 195 g/mol. The summed E-state index contributed by atoms with van der Waals surface area (Å²) in [5.41, 5.74) is 0. The Morgan fingerprint density at radius 2 is 1.46 bits per heavy atom. The minimum absolute atomic E-state index is 0.956. The molecule has 0 amide bonds. The van der Waals surface area contributed by atoms with Crippen LogP contribution in [0.3, 0.4) is 0 Å². The van der Waals surface area contributed by atoms with Gasteiger partial charge in [-0.2, -0.15) is 0 Å². The second-order valence-corrected chi connectivity index (χ2v) is 6.49. The zero-order valence-electron chi connectivity index (χ0n) is 7.40. The van der Waals surface area contributed by atoms with Crippen molar-refractivity contribution in [3.05, 3.63) is 24.3 Å². The molecule has 13 heavy (non-hydrogen) atoms. The van der Waals surface area contributed by atoms with Gasteiger partial charge in [0, 0.05) is 0 Å². The summed E-state index contributed by atoms with van der Waals surface area (Å²) in [7, 11) is -1.48. The van der Waals surface area contributed by atoms with Crippen LogP contribution in [0.1, 0.15) is 12.8 Å². The molecule has 2 nitrogen and oxygen atoms in total. The molecule has 3 rings (SSSR count). The van der Waals surface area contributed by atoms with Gasteiger partial charge in [0.2, 0.25) is 11.5 Å². The Morgan fingerprint density at radius 3 is 2.00 bits per heavy atom. The Labute approximate surface area is 78.4 Å². The molecule has 2 aliphatic rings. The Bertz CT molecular complexity index is 304. The highest BCUT2D eigenvalue weighted by Gasteiger charge is 2.53. The minimum Gasteiger partial charge on any atom is -0.306 e. The van der Waals surface area contributed by atoms with Gasteiger partial charge in [0.1, 0.15) is 12.3 Å². The lowest BCUT2D eigenvalue weighted by molar-refractivity contribution is 0.548. The van der Waals surface area contributed by atoms with Crippen LogP contribution in [0.4, 0.5) is 0 Å². The third kappa shape index (κ3) is 1.13. The molecule has 1 aromatic rings. The molecule has 3 heteroatoms. The fraction of sp³-hybridized carbons (Fsp3) is 0.400. The van der Waals surface area contributed by atoms with Crippen LogP contribution in [-0.2, 0) is 0 Å². The van der Waals surface area contributed by atoms with E-state index in [2.05, 4.69) is 0 Å². The van der Waals surface area contributed by atoms with Crippen LogP contribution in [0.5, 0.6) is 11.5 Å². The van der Waals surface area contributed by atoms with E-state index in [1.54, 1.807) is 0 Å². The molecule has 1 saturated heterocycles. The van der Waals surface area contributed by atoms with Crippen LogP contribution < -0.4 is 9.05 Å². The summed E-state index contributed by atoms with van der Waals surface area (Å²) in [6.07, 6.45) is 4.81. The lowest BCUT2D eigenvalue weighted by atomic mass is 10.3. The average Bonchev–Trinajstić information content (AvgIpc) is 2.72. The standard InChI is InChI=1S/C10H12O2P/c1-2-6-10-9(5-1)11-13(12-10)7-3-4-8-13/h1-2,5-6H,3-4,7-8H2/q+1. The minimum atomic E-state index is -1.48. The summed E-state index contributed by atoms with van der Waals surface area (Å²) in [5.74, 6) is 1.91. The first-order valence-electron chi connectivity index (χ1n) is 4.73. The fourth-order valence-corrected chi connectivity index (χ4v) is 5.03. The van der Waals surface area contributed by atoms with E-state index in [9.17, 15) is 0 Å². The third-order valence-electron chi connectivity index (χ3n) is 2.63. The molecule has 1 aromatic carbocycles. The number of hydrogen-bond donors (Lipinski definition) is 0. The van der Waals surface area contributed by atoms with Crippen molar-refractivity contribution >= 4 is 7.72 Å². The number of benzene rings is 1. The van der Waals surface area contributed by atoms with Crippen LogP contribution in [0.15, 0.2) is 24.3 Å². The van der Waals surface area contributed by atoms with E-state index in [1.165, 1.54) is 12.8 Å². The highest BCUT2D eigenvalue weighted by molar-refractivity contribution is 7.67. The normalized spacial score (nSPS) is 22.5. The Balaban J connectivity index is 1.96. The molecule has 0 bridgehead atoms. The van der Waals surface area contributed by atoms with Gasteiger partial charge in [0.05, 0.1) is 0 Å². The van der Waals surface area contributed by atoms with E-state index in [0.29, 0.717) is 0 Å². The quantitative estimate of drug-likeness (QED) is 0.592. The van der Waals surface area contributed by atoms with Crippen LogP contribution >= 0.6 is 7.72 Å². The Kier molecular flexibility index (Phi) is 1.54. The van der Waals surface area contributed by atoms with Crippen molar-refractivity contribution in [1.82, 2.24) is 0 Å². The summed E-state index contributed by atoms with van der Waals surface area (Å²) in [4.78, 5) is 0. The van der Waals surface area contributed by atoms with Crippen LogP contribution in [0, 0.1) is 0 Å². The molecule has 1 spiro atoms. The molecule has 68 valence electrons. The van der Waals surface area contributed by atoms with E-state index in [-0.39, 0.29) is 0 Å². The molecule has 0 atom stereocenters. The molecule has 0 radical (unpaired) electrons. The molecule has 0 unspecified atom stereocenters. The highest BCUT2D eigenvalue weighted by atomic mass is 31.2. The van der Waals surface area contributed by atoms with Gasteiger partial charge in [-0.3, -0.25) is 0 Å². The smallest absolute Gasteiger partial charge is 0.306 e. The summed E-state index contributed by atoms with van der Waals surface area (Å²) >= 11 is 0. The van der Waals surface area contributed by atoms with Crippen molar-refractivity contribution in [2.45, 2.75) is 12.8 Å². The zero-order valence-corrected chi connectivity index (χ0v) is 8.30. The number of rotatable bonds is 0. The summed E-state index contributed by atoms with van der Waals surface area (Å²) in [6, 6.07) is 8.00. The van der Waals surface area contributed by atoms with E-state index in [0.717, 1.165) is 23.8 Å². The maximum Gasteiger partial charge on any atom is 0.364 e. The van der Waals surface area contributed by atoms with Gasteiger partial charge in [-0.15, -0.1) is 0 Å². The van der Waals surface area contributed by atoms with E-state index >= 15 is 0 Å². The van der Waals surface area contributed by atoms with Crippen molar-refractivity contribution in [1.29, 1.82) is 0 Å². The molecule has 0 N–H and O–H groups in total. The van der Waals surface area contributed by atoms with E-state index in [1.807, 2.05) is 24.3 Å². The molecule has 2 heterocycles. The van der Waals surface area contributed by atoms with Gasteiger partial charge in [0.25, 0.3) is 0 Å². The zero-order chi connectivity index (χ0) is 8.73. The van der Waals surface area contributed by atoms with Gasteiger partial charge < -0.3 is 9.05 Å². The van der Waals surface area contributed by atoms with Crippen molar-refractivity contribution < 1.29 is 9.05 Å². The molecule has 0 saturated carbocycles. The number of hydrogen-bond acceptors (Lipinski definition) is 2. The van der Waals surface area contributed by atoms with Crippen molar-refractivity contribution in [3.8, 4) is 11.5 Å². The summed E-state index contributed by atoms with van der Waals surface area (Å²) < 4.78 is 11.9. The lowest BCUT2D eigenvalue weighted by Crippen LogP contribution is -2.03. The molecule has 1 fully saturated rings. The Morgan fingerprint density at radius 1 is 0.923 bits per heavy atom. The SMILES string of the molecule is c1ccc2c(c1)O[P+]1(CCCC1)O2. The molecular formula is C10H12O2P+. The summed E-state index contributed by atoms with van der Waals surface area (Å²) in [5, 5.41) is 0. The average molecular weight is 195 g/mol. The van der Waals surface area contributed by atoms with Gasteiger partial charge >= 0.3 is 7.72 Å². The molecule has 0 aliphatic carbocycles. The second-order valence-electron chi connectivity index (χ2n) is 3.60. The van der Waals surface area contributed by atoms with Crippen LogP contribution in [0.25, 0.3) is 0 Å². The first kappa shape index (κ1) is 7.64. The predicted molar refractivity (Wildman–Crippen MR) is 53.6 cm³/mol. The van der Waals surface area contributed by atoms with Gasteiger partial charge in [-0.1, -0.05) is 12.1 Å². The molecule has 0 aromatic heterocycles. The first-order chi connectivity index (χ1) is 6.38. The largest absolute Gasteiger partial charge is 0.364 e. The highest BCUT2D eigenvalue weighted by Crippen LogP contribution is 2.70. The first-order valence-corrected chi connectivity index (χ1v) is 6.73. The Hall–Kier alpha value is -0.750. The topological polar surface area (TPSA) is 18.5 Å². The van der Waals surface area contributed by atoms with E-state index < -0.39 is 7.72 Å². The second kappa shape index (κ2) is 2.62. The van der Waals surface area contributed by atoms with Crippen molar-refractivity contribution in [2.24, 2.45) is 0 Å². The van der Waals surface area contributed by atoms with Gasteiger partial charge in [-0.25, -0.2) is 0 Å². The number of para-hydroxylation sites is 2. The van der Waals surface area contributed by atoms with Crippen LogP contribution in [0.2, 0.25) is 0 Å². The van der Waals surface area contributed by atoms with E-state index in [4.69, 9.17) is 9.05 Å². The third-order valence-corrected chi connectivity index (χ3v) is 5.68. The molecular weight excluding hydrogens is 183 g/mol.